The standard InChI is InChI=1S/C32H46O5/c1-19(33)37-25-18-32(26(35)36)16-15-30(7)20(21(32)17-27(25,2)3)9-10-23-29(6)13-12-24(34)28(4,5)22(29)11-14-31(23,30)8/h9-10,22-23,25H,11-18H2,1-8H3,(H,35,36)/t22-,23+,25+,29-,30+,31+,32+/m0/s1. The minimum Gasteiger partial charge on any atom is -0.481 e. The highest BCUT2D eigenvalue weighted by atomic mass is 16.5. The van der Waals surface area contributed by atoms with Crippen molar-refractivity contribution in [3.8, 4) is 0 Å². The number of carboxylic acids is 1. The topological polar surface area (TPSA) is 80.7 Å². The lowest BCUT2D eigenvalue weighted by Crippen LogP contribution is -2.63. The van der Waals surface area contributed by atoms with Gasteiger partial charge in [0.25, 0.3) is 0 Å². The zero-order valence-electron chi connectivity index (χ0n) is 24.1. The van der Waals surface area contributed by atoms with Crippen LogP contribution in [-0.2, 0) is 19.1 Å². The maximum Gasteiger partial charge on any atom is 0.313 e. The molecule has 0 spiro atoms. The Morgan fingerprint density at radius 2 is 1.68 bits per heavy atom. The number of rotatable bonds is 2. The molecule has 0 bridgehead atoms. The van der Waals surface area contributed by atoms with Crippen LogP contribution in [0.3, 0.4) is 0 Å². The molecule has 0 aromatic heterocycles. The first kappa shape index (κ1) is 26.7. The first-order chi connectivity index (χ1) is 17.0. The van der Waals surface area contributed by atoms with E-state index >= 15 is 0 Å². The molecule has 37 heavy (non-hydrogen) atoms. The average Bonchev–Trinajstić information content (AvgIpc) is 2.77. The van der Waals surface area contributed by atoms with Crippen LogP contribution in [0.15, 0.2) is 23.3 Å². The lowest BCUT2D eigenvalue weighted by molar-refractivity contribution is -0.174. The quantitative estimate of drug-likeness (QED) is 0.409. The van der Waals surface area contributed by atoms with Crippen LogP contribution in [-0.4, -0.2) is 28.9 Å². The lowest BCUT2D eigenvalue weighted by atomic mass is 9.35. The van der Waals surface area contributed by atoms with E-state index in [1.54, 1.807) is 0 Å². The van der Waals surface area contributed by atoms with Crippen LogP contribution in [0.4, 0.5) is 0 Å². The first-order valence-electron chi connectivity index (χ1n) is 14.3. The molecule has 0 aliphatic heterocycles. The summed E-state index contributed by atoms with van der Waals surface area (Å²) in [6.45, 7) is 17.2. The van der Waals surface area contributed by atoms with Gasteiger partial charge < -0.3 is 9.84 Å². The minimum absolute atomic E-state index is 0.00661. The number of ketones is 1. The molecule has 0 aromatic rings. The van der Waals surface area contributed by atoms with Gasteiger partial charge in [-0.25, -0.2) is 0 Å². The molecule has 5 rings (SSSR count). The summed E-state index contributed by atoms with van der Waals surface area (Å²) in [6, 6.07) is 0. The van der Waals surface area contributed by atoms with Crippen LogP contribution < -0.4 is 0 Å². The number of hydrogen-bond acceptors (Lipinski definition) is 4. The van der Waals surface area contributed by atoms with Gasteiger partial charge in [-0.1, -0.05) is 60.6 Å². The Kier molecular flexibility index (Phi) is 5.64. The van der Waals surface area contributed by atoms with Crippen molar-refractivity contribution in [2.45, 2.75) is 113 Å². The van der Waals surface area contributed by atoms with Crippen molar-refractivity contribution < 1.29 is 24.2 Å². The molecular formula is C32H46O5. The number of ether oxygens (including phenoxy) is 1. The maximum absolute atomic E-state index is 13.0. The second kappa shape index (κ2) is 7.82. The SMILES string of the molecule is CC(=O)O[C@@H]1C[C@]2(C(=O)O)CC[C@]3(C)C(=C2CC1(C)C)C=C[C@@H]1[C@@]2(C)CCC(=O)C(C)(C)[C@@H]2CC[C@]13C. The van der Waals surface area contributed by atoms with Gasteiger partial charge in [-0.15, -0.1) is 0 Å². The Labute approximate surface area is 222 Å². The van der Waals surface area contributed by atoms with Gasteiger partial charge in [0, 0.05) is 30.6 Å². The van der Waals surface area contributed by atoms with Crippen molar-refractivity contribution in [1.82, 2.24) is 0 Å². The number of allylic oxidation sites excluding steroid dienone is 3. The fraction of sp³-hybridized carbons (Fsp3) is 0.781. The van der Waals surface area contributed by atoms with Crippen molar-refractivity contribution in [3.05, 3.63) is 23.3 Å². The van der Waals surface area contributed by atoms with E-state index in [0.717, 1.165) is 31.3 Å². The molecule has 5 aliphatic rings. The summed E-state index contributed by atoms with van der Waals surface area (Å²) in [5.41, 5.74) is 0.566. The summed E-state index contributed by atoms with van der Waals surface area (Å²) in [5, 5.41) is 10.7. The molecule has 0 saturated heterocycles. The van der Waals surface area contributed by atoms with E-state index in [2.05, 4.69) is 60.6 Å². The average molecular weight is 511 g/mol. The van der Waals surface area contributed by atoms with E-state index in [0.29, 0.717) is 43.3 Å². The fourth-order valence-corrected chi connectivity index (χ4v) is 10.1. The number of esters is 1. The number of carbonyl (C=O) groups is 3. The van der Waals surface area contributed by atoms with Crippen molar-refractivity contribution >= 4 is 17.7 Å². The van der Waals surface area contributed by atoms with E-state index in [9.17, 15) is 19.5 Å². The Morgan fingerprint density at radius 1 is 1.00 bits per heavy atom. The van der Waals surface area contributed by atoms with Gasteiger partial charge in [-0.05, 0) is 77.8 Å². The van der Waals surface area contributed by atoms with Gasteiger partial charge in [-0.3, -0.25) is 14.4 Å². The molecule has 0 radical (unpaired) electrons. The monoisotopic (exact) mass is 510 g/mol. The molecule has 5 nitrogen and oxygen atoms in total. The summed E-state index contributed by atoms with van der Waals surface area (Å²) < 4.78 is 5.73. The highest BCUT2D eigenvalue weighted by Gasteiger charge is 2.68. The normalized spacial score (nSPS) is 45.7. The molecular weight excluding hydrogens is 464 g/mol. The molecule has 204 valence electrons. The molecule has 3 saturated carbocycles. The summed E-state index contributed by atoms with van der Waals surface area (Å²) in [7, 11) is 0. The van der Waals surface area contributed by atoms with Gasteiger partial charge in [0.1, 0.15) is 11.9 Å². The number of carboxylic acid groups (broad SMARTS) is 1. The predicted molar refractivity (Wildman–Crippen MR) is 143 cm³/mol. The molecule has 3 fully saturated rings. The fourth-order valence-electron chi connectivity index (χ4n) is 10.1. The van der Waals surface area contributed by atoms with Crippen LogP contribution in [0.5, 0.6) is 0 Å². The molecule has 5 heteroatoms. The van der Waals surface area contributed by atoms with Crippen molar-refractivity contribution in [3.63, 3.8) is 0 Å². The van der Waals surface area contributed by atoms with Crippen LogP contribution in [0.1, 0.15) is 107 Å². The van der Waals surface area contributed by atoms with Gasteiger partial charge in [0.2, 0.25) is 0 Å². The van der Waals surface area contributed by atoms with Crippen LogP contribution >= 0.6 is 0 Å². The summed E-state index contributed by atoms with van der Waals surface area (Å²) in [4.78, 5) is 37.9. The highest BCUT2D eigenvalue weighted by Crippen LogP contribution is 2.74. The Bertz CT molecular complexity index is 1130. The molecule has 7 atom stereocenters. The number of Topliss-reactive ketones (excluding diaryl/α,β-unsaturated/α-hetero) is 1. The zero-order chi connectivity index (χ0) is 27.4. The van der Waals surface area contributed by atoms with E-state index in [1.165, 1.54) is 12.5 Å². The Morgan fingerprint density at radius 3 is 2.30 bits per heavy atom. The molecule has 5 aliphatic carbocycles. The molecule has 1 N–H and O–H groups in total. The second-order valence-electron chi connectivity index (χ2n) is 15.1. The van der Waals surface area contributed by atoms with Crippen molar-refractivity contribution in [1.29, 1.82) is 0 Å². The Hall–Kier alpha value is -1.91. The molecule has 0 amide bonds. The smallest absolute Gasteiger partial charge is 0.313 e. The van der Waals surface area contributed by atoms with Crippen LogP contribution in [0.25, 0.3) is 0 Å². The second-order valence-corrected chi connectivity index (χ2v) is 15.1. The number of hydrogen-bond donors (Lipinski definition) is 1. The number of aliphatic carboxylic acids is 1. The zero-order valence-corrected chi connectivity index (χ0v) is 24.1. The van der Waals surface area contributed by atoms with Crippen molar-refractivity contribution in [2.24, 2.45) is 44.3 Å². The maximum atomic E-state index is 13.0. The number of fused-ring (bicyclic) bond motifs is 6. The third-order valence-corrected chi connectivity index (χ3v) is 12.6. The Balaban J connectivity index is 1.66. The lowest BCUT2D eigenvalue weighted by Gasteiger charge is -2.68. The molecule has 0 heterocycles. The van der Waals surface area contributed by atoms with Gasteiger partial charge >= 0.3 is 11.9 Å². The highest BCUT2D eigenvalue weighted by molar-refractivity contribution is 5.85. The molecule has 0 aromatic carbocycles. The summed E-state index contributed by atoms with van der Waals surface area (Å²) >= 11 is 0. The first-order valence-corrected chi connectivity index (χ1v) is 14.3. The van der Waals surface area contributed by atoms with E-state index in [1.807, 2.05) is 0 Å². The molecule has 0 unspecified atom stereocenters. The van der Waals surface area contributed by atoms with E-state index in [-0.39, 0.29) is 33.0 Å². The third-order valence-electron chi connectivity index (χ3n) is 12.6. The van der Waals surface area contributed by atoms with Gasteiger partial charge in [-0.2, -0.15) is 0 Å². The number of carbonyl (C=O) groups excluding carboxylic acids is 2. The third kappa shape index (κ3) is 3.30. The van der Waals surface area contributed by atoms with E-state index < -0.39 is 17.5 Å². The largest absolute Gasteiger partial charge is 0.481 e. The van der Waals surface area contributed by atoms with Crippen LogP contribution in [0, 0.1) is 44.3 Å². The van der Waals surface area contributed by atoms with E-state index in [4.69, 9.17) is 4.74 Å². The summed E-state index contributed by atoms with van der Waals surface area (Å²) in [5.74, 6) is -0.0105. The summed E-state index contributed by atoms with van der Waals surface area (Å²) in [6.07, 6.45) is 10.3. The van der Waals surface area contributed by atoms with Gasteiger partial charge in [0.05, 0.1) is 5.41 Å². The minimum atomic E-state index is -0.988. The van der Waals surface area contributed by atoms with Gasteiger partial charge in [0.15, 0.2) is 0 Å². The predicted octanol–water partition coefficient (Wildman–Crippen LogP) is 6.90. The van der Waals surface area contributed by atoms with Crippen LogP contribution in [0.2, 0.25) is 0 Å². The van der Waals surface area contributed by atoms with Crippen molar-refractivity contribution in [2.75, 3.05) is 0 Å².